The van der Waals surface area contributed by atoms with Gasteiger partial charge in [0.1, 0.15) is 17.7 Å². The molecule has 2 aromatic carbocycles. The number of nitrogens with one attached hydrogen (secondary N) is 2. The molecule has 0 bridgehead atoms. The van der Waals surface area contributed by atoms with Crippen molar-refractivity contribution in [3.8, 4) is 11.3 Å². The number of nitrogens with zero attached hydrogens (tertiary/aromatic N) is 5. The molecule has 3 heterocycles. The molecular weight excluding hydrogens is 537 g/mol. The van der Waals surface area contributed by atoms with Gasteiger partial charge in [-0.3, -0.25) is 14.3 Å². The lowest BCUT2D eigenvalue weighted by Gasteiger charge is -2.26. The molecule has 12 heteroatoms. The van der Waals surface area contributed by atoms with E-state index in [0.29, 0.717) is 11.4 Å². The molecule has 5 rings (SSSR count). The third kappa shape index (κ3) is 5.13. The number of amides is 2. The Labute approximate surface area is 234 Å². The molecule has 40 heavy (non-hydrogen) atoms. The minimum Gasteiger partial charge on any atom is -0.394 e. The first kappa shape index (κ1) is 27.2. The standard InChI is InChI=1S/C28H27ClFN7O3/c1-15-5-4-6-17(11-15)21(14-38)33-26(39)16(2)37-13-18-7-8-19(24(30)23(18)27(37)40)25-20(29)12-31-28(35-25)34-22-9-10-32-36(22)3/h4-12,16,21,38H,13-14H2,1-3H3,(H,33,39)(H,31,34,35)/t16?,21-/m1/s1. The van der Waals surface area contributed by atoms with Gasteiger partial charge in [0.15, 0.2) is 0 Å². The highest BCUT2D eigenvalue weighted by Crippen LogP contribution is 2.35. The second-order valence-corrected chi connectivity index (χ2v) is 9.99. The zero-order chi connectivity index (χ0) is 28.6. The number of fused-ring (bicyclic) bond motifs is 1. The van der Waals surface area contributed by atoms with Gasteiger partial charge in [0.25, 0.3) is 5.91 Å². The molecule has 0 fully saturated rings. The molecule has 0 aliphatic carbocycles. The summed E-state index contributed by atoms with van der Waals surface area (Å²) < 4.78 is 17.5. The Balaban J connectivity index is 1.38. The summed E-state index contributed by atoms with van der Waals surface area (Å²) in [6.45, 7) is 3.22. The van der Waals surface area contributed by atoms with E-state index in [2.05, 4.69) is 25.7 Å². The van der Waals surface area contributed by atoms with Gasteiger partial charge in [-0.2, -0.15) is 5.10 Å². The molecule has 1 aliphatic heterocycles. The van der Waals surface area contributed by atoms with Crippen LogP contribution in [0.3, 0.4) is 0 Å². The maximum absolute atomic E-state index is 15.9. The highest BCUT2D eigenvalue weighted by molar-refractivity contribution is 6.33. The fourth-order valence-corrected chi connectivity index (χ4v) is 4.85. The number of hydrogen-bond acceptors (Lipinski definition) is 7. The van der Waals surface area contributed by atoms with Crippen LogP contribution in [0.4, 0.5) is 16.2 Å². The summed E-state index contributed by atoms with van der Waals surface area (Å²) >= 11 is 6.34. The molecule has 4 aromatic rings. The van der Waals surface area contributed by atoms with E-state index in [4.69, 9.17) is 11.6 Å². The number of aliphatic hydroxyl groups excluding tert-OH is 1. The monoisotopic (exact) mass is 563 g/mol. The summed E-state index contributed by atoms with van der Waals surface area (Å²) in [6, 6.07) is 10.7. The first-order valence-electron chi connectivity index (χ1n) is 12.6. The third-order valence-electron chi connectivity index (χ3n) is 6.89. The number of aromatic nitrogens is 4. The van der Waals surface area contributed by atoms with Gasteiger partial charge >= 0.3 is 0 Å². The normalized spacial score (nSPS) is 14.2. The lowest BCUT2D eigenvalue weighted by Crippen LogP contribution is -2.46. The van der Waals surface area contributed by atoms with E-state index in [1.54, 1.807) is 37.0 Å². The highest BCUT2D eigenvalue weighted by atomic mass is 35.5. The topological polar surface area (TPSA) is 125 Å². The Kier molecular flexibility index (Phi) is 7.51. The number of rotatable bonds is 8. The molecule has 1 unspecified atom stereocenters. The van der Waals surface area contributed by atoms with Crippen LogP contribution >= 0.6 is 11.6 Å². The van der Waals surface area contributed by atoms with E-state index >= 15 is 4.39 Å². The Bertz CT molecular complexity index is 1610. The van der Waals surface area contributed by atoms with Gasteiger partial charge in [-0.25, -0.2) is 14.4 Å². The van der Waals surface area contributed by atoms with Gasteiger partial charge < -0.3 is 20.6 Å². The number of carbonyl (C=O) groups excluding carboxylic acids is 2. The van der Waals surface area contributed by atoms with E-state index < -0.39 is 29.7 Å². The first-order chi connectivity index (χ1) is 19.2. The van der Waals surface area contributed by atoms with E-state index in [-0.39, 0.29) is 40.9 Å². The number of halogens is 2. The molecule has 0 spiro atoms. The van der Waals surface area contributed by atoms with Crippen molar-refractivity contribution in [2.45, 2.75) is 32.5 Å². The summed E-state index contributed by atoms with van der Waals surface area (Å²) in [5.41, 5.74) is 2.19. The van der Waals surface area contributed by atoms with Crippen molar-refractivity contribution >= 4 is 35.2 Å². The summed E-state index contributed by atoms with van der Waals surface area (Å²) in [5.74, 6) is -1.07. The average Bonchev–Trinajstić information content (AvgIpc) is 3.50. The van der Waals surface area contributed by atoms with Crippen molar-refractivity contribution in [3.63, 3.8) is 0 Å². The lowest BCUT2D eigenvalue weighted by molar-refractivity contribution is -0.126. The maximum Gasteiger partial charge on any atom is 0.258 e. The molecule has 206 valence electrons. The van der Waals surface area contributed by atoms with Crippen LogP contribution in [0.5, 0.6) is 0 Å². The molecule has 2 atom stereocenters. The highest BCUT2D eigenvalue weighted by Gasteiger charge is 2.37. The zero-order valence-electron chi connectivity index (χ0n) is 22.0. The fourth-order valence-electron chi connectivity index (χ4n) is 4.66. The van der Waals surface area contributed by atoms with E-state index in [0.717, 1.165) is 11.1 Å². The number of aryl methyl sites for hydroxylation is 2. The van der Waals surface area contributed by atoms with Crippen LogP contribution in [-0.2, 0) is 18.4 Å². The minimum atomic E-state index is -0.918. The molecule has 2 amide bonds. The summed E-state index contributed by atoms with van der Waals surface area (Å²) in [6.07, 6.45) is 2.95. The molecule has 3 N–H and O–H groups in total. The largest absolute Gasteiger partial charge is 0.394 e. The number of aliphatic hydroxyl groups is 1. The van der Waals surface area contributed by atoms with Gasteiger partial charge in [0.05, 0.1) is 41.3 Å². The molecule has 2 aromatic heterocycles. The molecule has 0 saturated carbocycles. The van der Waals surface area contributed by atoms with Crippen LogP contribution < -0.4 is 10.6 Å². The van der Waals surface area contributed by atoms with Crippen LogP contribution in [0.25, 0.3) is 11.3 Å². The van der Waals surface area contributed by atoms with Gasteiger partial charge in [-0.05, 0) is 31.0 Å². The van der Waals surface area contributed by atoms with Crippen molar-refractivity contribution in [2.24, 2.45) is 7.05 Å². The molecule has 1 aliphatic rings. The smallest absolute Gasteiger partial charge is 0.258 e. The quantitative estimate of drug-likeness (QED) is 0.297. The van der Waals surface area contributed by atoms with Gasteiger partial charge in [-0.1, -0.05) is 47.5 Å². The summed E-state index contributed by atoms with van der Waals surface area (Å²) in [4.78, 5) is 36.3. The Hall–Kier alpha value is -4.35. The lowest BCUT2D eigenvalue weighted by atomic mass is 10.0. The Morgan fingerprint density at radius 1 is 1.25 bits per heavy atom. The van der Waals surface area contributed by atoms with Crippen molar-refractivity contribution < 1.29 is 19.1 Å². The third-order valence-corrected chi connectivity index (χ3v) is 7.17. The predicted molar refractivity (Wildman–Crippen MR) is 147 cm³/mol. The van der Waals surface area contributed by atoms with E-state index in [1.807, 2.05) is 31.2 Å². The van der Waals surface area contributed by atoms with Gasteiger partial charge in [0, 0.05) is 25.2 Å². The van der Waals surface area contributed by atoms with Crippen LogP contribution in [0.15, 0.2) is 54.9 Å². The average molecular weight is 564 g/mol. The zero-order valence-corrected chi connectivity index (χ0v) is 22.8. The second-order valence-electron chi connectivity index (χ2n) is 9.58. The van der Waals surface area contributed by atoms with Crippen LogP contribution in [0.1, 0.15) is 40.0 Å². The van der Waals surface area contributed by atoms with E-state index in [1.165, 1.54) is 17.2 Å². The number of hydrogen-bond donors (Lipinski definition) is 3. The predicted octanol–water partition coefficient (Wildman–Crippen LogP) is 3.92. The van der Waals surface area contributed by atoms with Crippen molar-refractivity contribution in [1.29, 1.82) is 0 Å². The fraction of sp³-hybridized carbons (Fsp3) is 0.250. The molecule has 0 radical (unpaired) electrons. The molecule has 10 nitrogen and oxygen atoms in total. The van der Waals surface area contributed by atoms with Crippen LogP contribution in [-0.4, -0.2) is 54.2 Å². The molecular formula is C28H27ClFN7O3. The molecule has 0 saturated heterocycles. The maximum atomic E-state index is 15.9. The van der Waals surface area contributed by atoms with Crippen molar-refractivity contribution in [1.82, 2.24) is 30.0 Å². The van der Waals surface area contributed by atoms with Crippen LogP contribution in [0, 0.1) is 12.7 Å². The Morgan fingerprint density at radius 2 is 2.05 bits per heavy atom. The SMILES string of the molecule is Cc1cccc([C@@H](CO)NC(=O)C(C)N2Cc3ccc(-c4nc(Nc5ccnn5C)ncc4Cl)c(F)c3C2=O)c1. The van der Waals surface area contributed by atoms with Gasteiger partial charge in [0.2, 0.25) is 11.9 Å². The summed E-state index contributed by atoms with van der Waals surface area (Å²) in [7, 11) is 1.74. The van der Waals surface area contributed by atoms with E-state index in [9.17, 15) is 14.7 Å². The Morgan fingerprint density at radius 3 is 2.75 bits per heavy atom. The van der Waals surface area contributed by atoms with Gasteiger partial charge in [-0.15, -0.1) is 0 Å². The number of anilines is 2. The minimum absolute atomic E-state index is 0.0336. The van der Waals surface area contributed by atoms with Crippen LogP contribution in [0.2, 0.25) is 5.02 Å². The second kappa shape index (κ2) is 11.0. The van der Waals surface area contributed by atoms with Crippen molar-refractivity contribution in [2.75, 3.05) is 11.9 Å². The number of benzene rings is 2. The first-order valence-corrected chi connectivity index (χ1v) is 12.9. The number of carbonyl (C=O) groups is 2. The summed E-state index contributed by atoms with van der Waals surface area (Å²) in [5, 5.41) is 19.9. The van der Waals surface area contributed by atoms with Crippen molar-refractivity contribution in [3.05, 3.63) is 88.0 Å².